The number of piperidine rings is 1. The van der Waals surface area contributed by atoms with Gasteiger partial charge in [-0.1, -0.05) is 6.07 Å². The molecule has 2 rings (SSSR count). The molecule has 0 saturated carbocycles. The van der Waals surface area contributed by atoms with Gasteiger partial charge >= 0.3 is 5.97 Å². The van der Waals surface area contributed by atoms with Crippen LogP contribution in [-0.4, -0.2) is 59.1 Å². The molecule has 5 heteroatoms. The predicted octanol–water partition coefficient (Wildman–Crippen LogP) is 1.31. The highest BCUT2D eigenvalue weighted by Crippen LogP contribution is 2.15. The van der Waals surface area contributed by atoms with Gasteiger partial charge in [0.1, 0.15) is 5.69 Å². The van der Waals surface area contributed by atoms with Crippen molar-refractivity contribution in [1.82, 2.24) is 14.8 Å². The Hall–Kier alpha value is -1.46. The van der Waals surface area contributed by atoms with E-state index >= 15 is 0 Å². The lowest BCUT2D eigenvalue weighted by Gasteiger charge is -2.35. The number of nitrogens with zero attached hydrogens (tertiary/aromatic N) is 3. The smallest absolute Gasteiger partial charge is 0.354 e. The number of likely N-dealkylation sites (tertiary alicyclic amines) is 1. The maximum atomic E-state index is 10.9. The molecule has 0 radical (unpaired) electrons. The number of carbonyl (C=O) groups is 1. The lowest BCUT2D eigenvalue weighted by atomic mass is 10.0. The highest BCUT2D eigenvalue weighted by atomic mass is 16.4. The molecule has 19 heavy (non-hydrogen) atoms. The van der Waals surface area contributed by atoms with Crippen LogP contribution < -0.4 is 0 Å². The third-order valence-corrected chi connectivity index (χ3v) is 3.66. The first-order chi connectivity index (χ1) is 9.06. The Labute approximate surface area is 113 Å². The Morgan fingerprint density at radius 1 is 1.58 bits per heavy atom. The van der Waals surface area contributed by atoms with Crippen molar-refractivity contribution in [2.24, 2.45) is 0 Å². The van der Waals surface area contributed by atoms with Gasteiger partial charge in [-0.2, -0.15) is 0 Å². The Kier molecular flexibility index (Phi) is 4.50. The minimum Gasteiger partial charge on any atom is -0.477 e. The standard InChI is InChI=1S/C14H21N3O2/c1-16-8-4-6-12(10-16)17(2)9-11-5-3-7-13(15-11)14(18)19/h3,5,7,12H,4,6,8-10H2,1-2H3,(H,18,19). The Morgan fingerprint density at radius 3 is 3.05 bits per heavy atom. The van der Waals surface area contributed by atoms with Crippen molar-refractivity contribution < 1.29 is 9.90 Å². The predicted molar refractivity (Wildman–Crippen MR) is 73.2 cm³/mol. The first-order valence-corrected chi connectivity index (χ1v) is 6.64. The number of pyridine rings is 1. The van der Waals surface area contributed by atoms with Crippen LogP contribution in [0.25, 0.3) is 0 Å². The number of carboxylic acid groups (broad SMARTS) is 1. The second-order valence-electron chi connectivity index (χ2n) is 5.29. The van der Waals surface area contributed by atoms with E-state index in [0.29, 0.717) is 12.6 Å². The maximum absolute atomic E-state index is 10.9. The third kappa shape index (κ3) is 3.75. The Morgan fingerprint density at radius 2 is 2.37 bits per heavy atom. The molecule has 1 N–H and O–H groups in total. The van der Waals surface area contributed by atoms with E-state index in [1.807, 2.05) is 6.07 Å². The van der Waals surface area contributed by atoms with Crippen molar-refractivity contribution in [2.75, 3.05) is 27.2 Å². The van der Waals surface area contributed by atoms with E-state index < -0.39 is 5.97 Å². The summed E-state index contributed by atoms with van der Waals surface area (Å²) in [7, 11) is 4.22. The van der Waals surface area contributed by atoms with Gasteiger partial charge in [-0.25, -0.2) is 9.78 Å². The molecular weight excluding hydrogens is 242 g/mol. The molecule has 1 atom stereocenters. The molecule has 1 unspecified atom stereocenters. The second kappa shape index (κ2) is 6.12. The molecule has 0 amide bonds. The number of hydrogen-bond donors (Lipinski definition) is 1. The zero-order chi connectivity index (χ0) is 13.8. The van der Waals surface area contributed by atoms with Crippen LogP contribution in [0.3, 0.4) is 0 Å². The Balaban J connectivity index is 1.99. The van der Waals surface area contributed by atoms with E-state index in [1.165, 1.54) is 18.9 Å². The monoisotopic (exact) mass is 263 g/mol. The zero-order valence-corrected chi connectivity index (χ0v) is 11.5. The summed E-state index contributed by atoms with van der Waals surface area (Å²) in [5, 5.41) is 8.94. The van der Waals surface area contributed by atoms with Crippen molar-refractivity contribution in [3.63, 3.8) is 0 Å². The number of likely N-dealkylation sites (N-methyl/N-ethyl adjacent to an activating group) is 2. The molecular formula is C14H21N3O2. The molecule has 0 aromatic carbocycles. The molecule has 1 aliphatic heterocycles. The van der Waals surface area contributed by atoms with E-state index in [9.17, 15) is 4.79 Å². The van der Waals surface area contributed by atoms with Gasteiger partial charge in [-0.15, -0.1) is 0 Å². The molecule has 0 spiro atoms. The van der Waals surface area contributed by atoms with Gasteiger partial charge < -0.3 is 10.0 Å². The summed E-state index contributed by atoms with van der Waals surface area (Å²) in [6.45, 7) is 2.92. The number of carboxylic acids is 1. The molecule has 1 fully saturated rings. The zero-order valence-electron chi connectivity index (χ0n) is 11.5. The van der Waals surface area contributed by atoms with Gasteiger partial charge in [0.25, 0.3) is 0 Å². The minimum absolute atomic E-state index is 0.117. The van der Waals surface area contributed by atoms with Crippen LogP contribution in [0.2, 0.25) is 0 Å². The third-order valence-electron chi connectivity index (χ3n) is 3.66. The van der Waals surface area contributed by atoms with Crippen LogP contribution >= 0.6 is 0 Å². The molecule has 1 saturated heterocycles. The van der Waals surface area contributed by atoms with Crippen LogP contribution in [0.15, 0.2) is 18.2 Å². The highest BCUT2D eigenvalue weighted by molar-refractivity contribution is 5.85. The lowest BCUT2D eigenvalue weighted by Crippen LogP contribution is -2.44. The number of hydrogen-bond acceptors (Lipinski definition) is 4. The topological polar surface area (TPSA) is 56.7 Å². The average Bonchev–Trinajstić information content (AvgIpc) is 2.39. The summed E-state index contributed by atoms with van der Waals surface area (Å²) in [6, 6.07) is 5.69. The molecule has 1 aromatic rings. The van der Waals surface area contributed by atoms with Crippen LogP contribution in [0.1, 0.15) is 29.0 Å². The fourth-order valence-electron chi connectivity index (χ4n) is 2.57. The van der Waals surface area contributed by atoms with Crippen LogP contribution in [0.5, 0.6) is 0 Å². The van der Waals surface area contributed by atoms with Gasteiger partial charge in [0.05, 0.1) is 5.69 Å². The number of rotatable bonds is 4. The molecule has 0 bridgehead atoms. The van der Waals surface area contributed by atoms with Gasteiger partial charge in [0.2, 0.25) is 0 Å². The van der Waals surface area contributed by atoms with Crippen molar-refractivity contribution in [1.29, 1.82) is 0 Å². The fourth-order valence-corrected chi connectivity index (χ4v) is 2.57. The first kappa shape index (κ1) is 14.0. The van der Waals surface area contributed by atoms with E-state index in [-0.39, 0.29) is 5.69 Å². The molecule has 0 aliphatic carbocycles. The first-order valence-electron chi connectivity index (χ1n) is 6.64. The summed E-state index contributed by atoms with van der Waals surface area (Å²) in [5.74, 6) is -0.970. The molecule has 2 heterocycles. The summed E-state index contributed by atoms with van der Waals surface area (Å²) in [6.07, 6.45) is 2.41. The summed E-state index contributed by atoms with van der Waals surface area (Å²) < 4.78 is 0. The maximum Gasteiger partial charge on any atom is 0.354 e. The second-order valence-corrected chi connectivity index (χ2v) is 5.29. The van der Waals surface area contributed by atoms with Gasteiger partial charge in [-0.3, -0.25) is 4.90 Å². The quantitative estimate of drug-likeness (QED) is 0.887. The van der Waals surface area contributed by atoms with Crippen LogP contribution in [-0.2, 0) is 6.54 Å². The van der Waals surface area contributed by atoms with Gasteiger partial charge in [-0.05, 0) is 45.6 Å². The number of aromatic carboxylic acids is 1. The molecule has 1 aromatic heterocycles. The van der Waals surface area contributed by atoms with Crippen molar-refractivity contribution in [2.45, 2.75) is 25.4 Å². The molecule has 1 aliphatic rings. The summed E-state index contributed by atoms with van der Waals surface area (Å²) in [4.78, 5) is 19.7. The minimum atomic E-state index is -0.970. The van der Waals surface area contributed by atoms with E-state index in [4.69, 9.17) is 5.11 Å². The van der Waals surface area contributed by atoms with Crippen molar-refractivity contribution >= 4 is 5.97 Å². The highest BCUT2D eigenvalue weighted by Gasteiger charge is 2.21. The molecule has 5 nitrogen and oxygen atoms in total. The molecule has 104 valence electrons. The number of aromatic nitrogens is 1. The van der Waals surface area contributed by atoms with Gasteiger partial charge in [0, 0.05) is 19.1 Å². The van der Waals surface area contributed by atoms with Crippen LogP contribution in [0, 0.1) is 0 Å². The SMILES string of the molecule is CN1CCCC(N(C)Cc2cccc(C(=O)O)n2)C1. The normalized spacial score (nSPS) is 20.7. The summed E-state index contributed by atoms with van der Waals surface area (Å²) in [5.41, 5.74) is 0.933. The average molecular weight is 263 g/mol. The Bertz CT molecular complexity index is 450. The van der Waals surface area contributed by atoms with Crippen LogP contribution in [0.4, 0.5) is 0 Å². The summed E-state index contributed by atoms with van der Waals surface area (Å²) >= 11 is 0. The largest absolute Gasteiger partial charge is 0.477 e. The van der Waals surface area contributed by atoms with Crippen molar-refractivity contribution in [3.8, 4) is 0 Å². The van der Waals surface area contributed by atoms with Crippen molar-refractivity contribution in [3.05, 3.63) is 29.6 Å². The fraction of sp³-hybridized carbons (Fsp3) is 0.571. The van der Waals surface area contributed by atoms with E-state index in [2.05, 4.69) is 28.9 Å². The van der Waals surface area contributed by atoms with Gasteiger partial charge in [0.15, 0.2) is 0 Å². The van der Waals surface area contributed by atoms with E-state index in [0.717, 1.165) is 18.8 Å². The lowest BCUT2D eigenvalue weighted by molar-refractivity contribution is 0.0689. The van der Waals surface area contributed by atoms with E-state index in [1.54, 1.807) is 6.07 Å².